The number of amides is 1. The smallest absolute Gasteiger partial charge is 0.366 e. The fraction of sp³-hybridized carbons (Fsp3) is 0.400. The van der Waals surface area contributed by atoms with Gasteiger partial charge in [-0.05, 0) is 6.92 Å². The van der Waals surface area contributed by atoms with Crippen LogP contribution in [0.2, 0.25) is 0 Å². The summed E-state index contributed by atoms with van der Waals surface area (Å²) in [5.41, 5.74) is 3.85. The molecule has 0 aliphatic rings. The van der Waals surface area contributed by atoms with E-state index in [0.717, 1.165) is 0 Å². The average molecular weight is 160 g/mol. The number of nitrogens with two attached hydrogens (primary N) is 1. The number of nitrogens with zero attached hydrogens (tertiary/aromatic N) is 1. The number of primary amides is 1. The largest absolute Gasteiger partial charge is 0.461 e. The van der Waals surface area contributed by atoms with Gasteiger partial charge in [-0.1, -0.05) is 5.16 Å². The van der Waals surface area contributed by atoms with Gasteiger partial charge in [0.2, 0.25) is 0 Å². The van der Waals surface area contributed by atoms with Gasteiger partial charge in [0, 0.05) is 0 Å². The Balaban J connectivity index is 4.29. The molecular formula is C5H8N2O4. The van der Waals surface area contributed by atoms with Gasteiger partial charge in [-0.15, -0.1) is 0 Å². The van der Waals surface area contributed by atoms with Crippen LogP contribution in [0.15, 0.2) is 5.16 Å². The van der Waals surface area contributed by atoms with Crippen molar-refractivity contribution in [3.8, 4) is 0 Å². The highest BCUT2D eigenvalue weighted by Gasteiger charge is 2.18. The second-order valence-corrected chi connectivity index (χ2v) is 1.53. The molecule has 0 fully saturated rings. The lowest BCUT2D eigenvalue weighted by molar-refractivity contribution is -0.135. The molecule has 0 spiro atoms. The Bertz CT molecular complexity index is 199. The molecule has 0 rings (SSSR count). The van der Waals surface area contributed by atoms with Crippen LogP contribution >= 0.6 is 0 Å². The molecule has 0 heterocycles. The van der Waals surface area contributed by atoms with Crippen molar-refractivity contribution in [2.24, 2.45) is 10.9 Å². The van der Waals surface area contributed by atoms with Gasteiger partial charge in [-0.2, -0.15) is 0 Å². The summed E-state index contributed by atoms with van der Waals surface area (Å²) in [6.07, 6.45) is 0. The monoisotopic (exact) mass is 160 g/mol. The normalized spacial score (nSPS) is 10.8. The van der Waals surface area contributed by atoms with Crippen LogP contribution in [-0.2, 0) is 14.3 Å². The lowest BCUT2D eigenvalue weighted by Gasteiger charge is -1.98. The van der Waals surface area contributed by atoms with Gasteiger partial charge >= 0.3 is 5.97 Å². The number of ether oxygens (including phenoxy) is 1. The minimum absolute atomic E-state index is 0.0884. The SMILES string of the molecule is CCOC(=O)/C(=N/O)C(N)=O. The molecule has 6 heteroatoms. The standard InChI is InChI=1S/C5H8N2O4/c1-2-11-5(9)3(7-10)4(6)8/h10H,2H2,1H3,(H2,6,8)/b7-3+. The van der Waals surface area contributed by atoms with Crippen molar-refractivity contribution < 1.29 is 19.5 Å². The van der Waals surface area contributed by atoms with Crippen LogP contribution in [0.5, 0.6) is 0 Å². The van der Waals surface area contributed by atoms with Gasteiger partial charge in [0.05, 0.1) is 6.61 Å². The Morgan fingerprint density at radius 1 is 1.64 bits per heavy atom. The summed E-state index contributed by atoms with van der Waals surface area (Å²) < 4.78 is 4.33. The van der Waals surface area contributed by atoms with E-state index in [1.54, 1.807) is 6.92 Å². The molecule has 3 N–H and O–H groups in total. The third-order valence-electron chi connectivity index (χ3n) is 0.802. The maximum absolute atomic E-state index is 10.6. The fourth-order valence-corrected chi connectivity index (χ4v) is 0.390. The molecule has 0 bridgehead atoms. The number of hydrogen-bond donors (Lipinski definition) is 2. The highest BCUT2D eigenvalue weighted by atomic mass is 16.5. The number of hydrogen-bond acceptors (Lipinski definition) is 5. The molecular weight excluding hydrogens is 152 g/mol. The average Bonchev–Trinajstić information content (AvgIpc) is 1.88. The Kier molecular flexibility index (Phi) is 3.65. The zero-order chi connectivity index (χ0) is 8.85. The van der Waals surface area contributed by atoms with Crippen molar-refractivity contribution in [1.82, 2.24) is 0 Å². The highest BCUT2D eigenvalue weighted by Crippen LogP contribution is 1.83. The quantitative estimate of drug-likeness (QED) is 0.179. The summed E-state index contributed by atoms with van der Waals surface area (Å²) in [7, 11) is 0. The van der Waals surface area contributed by atoms with Gasteiger partial charge < -0.3 is 15.7 Å². The van der Waals surface area contributed by atoms with Crippen molar-refractivity contribution in [2.75, 3.05) is 6.61 Å². The van der Waals surface area contributed by atoms with E-state index in [1.165, 1.54) is 0 Å². The van der Waals surface area contributed by atoms with Crippen molar-refractivity contribution in [3.63, 3.8) is 0 Å². The first-order valence-electron chi connectivity index (χ1n) is 2.82. The lowest BCUT2D eigenvalue weighted by atomic mass is 10.4. The van der Waals surface area contributed by atoms with Crippen molar-refractivity contribution in [3.05, 3.63) is 0 Å². The number of oxime groups is 1. The van der Waals surface area contributed by atoms with E-state index in [0.29, 0.717) is 0 Å². The fourth-order valence-electron chi connectivity index (χ4n) is 0.390. The predicted octanol–water partition coefficient (Wildman–Crippen LogP) is -1.14. The Hall–Kier alpha value is -1.59. The van der Waals surface area contributed by atoms with Gasteiger partial charge in [0.15, 0.2) is 0 Å². The summed E-state index contributed by atoms with van der Waals surface area (Å²) in [5.74, 6) is -2.14. The van der Waals surface area contributed by atoms with E-state index < -0.39 is 17.6 Å². The minimum Gasteiger partial charge on any atom is -0.461 e. The van der Waals surface area contributed by atoms with E-state index in [4.69, 9.17) is 5.21 Å². The summed E-state index contributed by atoms with van der Waals surface area (Å²) in [6.45, 7) is 1.64. The third kappa shape index (κ3) is 2.65. The summed E-state index contributed by atoms with van der Waals surface area (Å²) in [5, 5.41) is 10.5. The molecule has 62 valence electrons. The summed E-state index contributed by atoms with van der Waals surface area (Å²) in [6, 6.07) is 0. The maximum atomic E-state index is 10.6. The van der Waals surface area contributed by atoms with E-state index in [9.17, 15) is 9.59 Å². The lowest BCUT2D eigenvalue weighted by Crippen LogP contribution is -2.32. The van der Waals surface area contributed by atoms with Gasteiger partial charge in [0.1, 0.15) is 0 Å². The molecule has 1 amide bonds. The first-order valence-corrected chi connectivity index (χ1v) is 2.82. The van der Waals surface area contributed by atoms with Crippen molar-refractivity contribution >= 4 is 17.6 Å². The molecule has 0 aromatic heterocycles. The molecule has 11 heavy (non-hydrogen) atoms. The molecule has 6 nitrogen and oxygen atoms in total. The number of rotatable bonds is 3. The van der Waals surface area contributed by atoms with Crippen LogP contribution in [0.1, 0.15) is 6.92 Å². The van der Waals surface area contributed by atoms with E-state index in [1.807, 2.05) is 0 Å². The van der Waals surface area contributed by atoms with E-state index in [2.05, 4.69) is 15.6 Å². The Morgan fingerprint density at radius 2 is 2.18 bits per heavy atom. The maximum Gasteiger partial charge on any atom is 0.366 e. The zero-order valence-electron chi connectivity index (χ0n) is 5.90. The minimum atomic E-state index is -1.12. The van der Waals surface area contributed by atoms with Gasteiger partial charge in [0.25, 0.3) is 11.6 Å². The highest BCUT2D eigenvalue weighted by molar-refractivity contribution is 6.63. The van der Waals surface area contributed by atoms with Gasteiger partial charge in [-0.3, -0.25) is 4.79 Å². The van der Waals surface area contributed by atoms with Crippen molar-refractivity contribution in [2.45, 2.75) is 6.92 Å². The predicted molar refractivity (Wildman–Crippen MR) is 35.0 cm³/mol. The second kappa shape index (κ2) is 4.26. The molecule has 0 aliphatic heterocycles. The molecule has 0 saturated carbocycles. The molecule has 0 saturated heterocycles. The Labute approximate surface area is 62.6 Å². The van der Waals surface area contributed by atoms with Crippen LogP contribution in [0, 0.1) is 0 Å². The molecule has 0 aromatic carbocycles. The zero-order valence-corrected chi connectivity index (χ0v) is 5.90. The summed E-state index contributed by atoms with van der Waals surface area (Å²) in [4.78, 5) is 20.9. The molecule has 0 aromatic rings. The van der Waals surface area contributed by atoms with Crippen LogP contribution in [0.4, 0.5) is 0 Å². The molecule has 0 atom stereocenters. The van der Waals surface area contributed by atoms with E-state index in [-0.39, 0.29) is 6.61 Å². The molecule has 0 aliphatic carbocycles. The topological polar surface area (TPSA) is 102 Å². The first kappa shape index (κ1) is 9.41. The Morgan fingerprint density at radius 3 is 2.45 bits per heavy atom. The summed E-state index contributed by atoms with van der Waals surface area (Å²) >= 11 is 0. The van der Waals surface area contributed by atoms with E-state index >= 15 is 0 Å². The number of carbonyl (C=O) groups excluding carboxylic acids is 2. The van der Waals surface area contributed by atoms with Gasteiger partial charge in [-0.25, -0.2) is 4.79 Å². The van der Waals surface area contributed by atoms with Crippen LogP contribution in [-0.4, -0.2) is 29.4 Å². The molecule has 0 radical (unpaired) electrons. The molecule has 0 unspecified atom stereocenters. The third-order valence-corrected chi connectivity index (χ3v) is 0.802. The van der Waals surface area contributed by atoms with Crippen molar-refractivity contribution in [1.29, 1.82) is 0 Å². The van der Waals surface area contributed by atoms with Crippen LogP contribution < -0.4 is 5.73 Å². The van der Waals surface area contributed by atoms with Crippen LogP contribution in [0.25, 0.3) is 0 Å². The first-order chi connectivity index (χ1) is 5.13. The second-order valence-electron chi connectivity index (χ2n) is 1.53. The number of carbonyl (C=O) groups is 2. The number of esters is 1. The van der Waals surface area contributed by atoms with Crippen LogP contribution in [0.3, 0.4) is 0 Å².